The molecule has 0 saturated carbocycles. The molecule has 92 valence electrons. The average Bonchev–Trinajstić information content (AvgIpc) is 2.12. The van der Waals surface area contributed by atoms with Gasteiger partial charge in [-0.25, -0.2) is 16.8 Å². The maximum absolute atomic E-state index is 11.2. The normalized spacial score (nSPS) is 12.9. The van der Waals surface area contributed by atoms with Gasteiger partial charge in [0.1, 0.15) is 0 Å². The lowest BCUT2D eigenvalue weighted by molar-refractivity contribution is 0.284. The first-order valence-electron chi connectivity index (χ1n) is 4.54. The molecule has 0 atom stereocenters. The van der Waals surface area contributed by atoms with Gasteiger partial charge in [-0.15, -0.1) is 0 Å². The lowest BCUT2D eigenvalue weighted by Crippen LogP contribution is -2.23. The number of aliphatic hydroxyl groups excluding tert-OH is 2. The van der Waals surface area contributed by atoms with E-state index in [1.807, 2.05) is 0 Å². The summed E-state index contributed by atoms with van der Waals surface area (Å²) in [5.74, 6) is -1.20. The molecule has 0 fully saturated rings. The van der Waals surface area contributed by atoms with Crippen molar-refractivity contribution in [2.45, 2.75) is 19.3 Å². The van der Waals surface area contributed by atoms with Crippen LogP contribution in [0.25, 0.3) is 0 Å². The summed E-state index contributed by atoms with van der Waals surface area (Å²) in [7, 11) is -8.41. The molecule has 0 saturated heterocycles. The van der Waals surface area contributed by atoms with Crippen LogP contribution in [0.3, 0.4) is 0 Å². The SMILES string of the molecule is O=S(=O)(CCO)S(=O)(=O)CCCCCO. The molecule has 0 radical (unpaired) electrons. The number of rotatable bonds is 8. The molecule has 0 rings (SSSR count). The molecular weight excluding hydrogens is 244 g/mol. The van der Waals surface area contributed by atoms with Crippen molar-refractivity contribution in [3.05, 3.63) is 0 Å². The molecule has 0 aromatic heterocycles. The molecule has 0 aromatic carbocycles. The number of hydrogen-bond acceptors (Lipinski definition) is 6. The summed E-state index contributed by atoms with van der Waals surface area (Å²) in [6, 6.07) is 0. The van der Waals surface area contributed by atoms with Gasteiger partial charge in [-0.2, -0.15) is 0 Å². The van der Waals surface area contributed by atoms with Crippen molar-refractivity contribution >= 4 is 17.7 Å². The molecule has 0 heterocycles. The highest BCUT2D eigenvalue weighted by atomic mass is 33.2. The molecule has 0 aromatic rings. The lowest BCUT2D eigenvalue weighted by Gasteiger charge is -2.04. The summed E-state index contributed by atoms with van der Waals surface area (Å²) >= 11 is 0. The van der Waals surface area contributed by atoms with E-state index in [-0.39, 0.29) is 13.0 Å². The summed E-state index contributed by atoms with van der Waals surface area (Å²) < 4.78 is 44.7. The van der Waals surface area contributed by atoms with Crippen LogP contribution in [0.5, 0.6) is 0 Å². The second-order valence-corrected chi connectivity index (χ2v) is 9.13. The minimum Gasteiger partial charge on any atom is -0.396 e. The molecule has 0 amide bonds. The first-order valence-corrected chi connectivity index (χ1v) is 8.36. The van der Waals surface area contributed by atoms with Crippen LogP contribution in [0.1, 0.15) is 19.3 Å². The van der Waals surface area contributed by atoms with Crippen LogP contribution in [-0.2, 0) is 17.7 Å². The Kier molecular flexibility index (Phi) is 6.34. The van der Waals surface area contributed by atoms with Crippen molar-refractivity contribution in [2.75, 3.05) is 24.7 Å². The zero-order valence-corrected chi connectivity index (χ0v) is 9.93. The van der Waals surface area contributed by atoms with Crippen molar-refractivity contribution in [3.8, 4) is 0 Å². The van der Waals surface area contributed by atoms with E-state index in [0.29, 0.717) is 12.8 Å². The molecule has 0 aliphatic heterocycles. The van der Waals surface area contributed by atoms with E-state index in [2.05, 4.69) is 0 Å². The van der Waals surface area contributed by atoms with Gasteiger partial charge in [-0.05, 0) is 12.8 Å². The first kappa shape index (κ1) is 14.8. The van der Waals surface area contributed by atoms with Crippen molar-refractivity contribution in [1.29, 1.82) is 0 Å². The van der Waals surface area contributed by atoms with Crippen LogP contribution in [-0.4, -0.2) is 51.8 Å². The molecule has 0 aliphatic carbocycles. The Hall–Kier alpha value is -0.180. The largest absolute Gasteiger partial charge is 0.396 e. The molecule has 0 aliphatic rings. The standard InChI is InChI=1S/C7H16O6S2/c8-4-2-1-3-6-14(10,11)15(12,13)7-5-9/h8-9H,1-7H2. The smallest absolute Gasteiger partial charge is 0.255 e. The summed E-state index contributed by atoms with van der Waals surface area (Å²) in [6.45, 7) is -0.734. The second-order valence-electron chi connectivity index (χ2n) is 3.03. The Morgan fingerprint density at radius 1 is 0.667 bits per heavy atom. The third-order valence-corrected chi connectivity index (χ3v) is 7.35. The van der Waals surface area contributed by atoms with Crippen LogP contribution in [0.15, 0.2) is 0 Å². The van der Waals surface area contributed by atoms with Gasteiger partial charge in [0, 0.05) is 6.61 Å². The highest BCUT2D eigenvalue weighted by molar-refractivity contribution is 8.67. The average molecular weight is 260 g/mol. The lowest BCUT2D eigenvalue weighted by atomic mass is 10.3. The van der Waals surface area contributed by atoms with Crippen molar-refractivity contribution in [1.82, 2.24) is 0 Å². The van der Waals surface area contributed by atoms with E-state index in [0.717, 1.165) is 0 Å². The van der Waals surface area contributed by atoms with Crippen LogP contribution in [0.2, 0.25) is 0 Å². The minimum absolute atomic E-state index is 0.0383. The quantitative estimate of drug-likeness (QED) is 0.423. The maximum Gasteiger partial charge on any atom is 0.255 e. The number of aliphatic hydroxyl groups is 2. The Labute approximate surface area is 89.2 Å². The number of hydrogen-bond donors (Lipinski definition) is 2. The van der Waals surface area contributed by atoms with E-state index in [1.165, 1.54) is 0 Å². The third-order valence-electron chi connectivity index (χ3n) is 1.78. The molecule has 0 bridgehead atoms. The second kappa shape index (κ2) is 6.41. The summed E-state index contributed by atoms with van der Waals surface area (Å²) in [5.41, 5.74) is 0. The first-order chi connectivity index (χ1) is 6.87. The van der Waals surface area contributed by atoms with Crippen molar-refractivity contribution in [3.63, 3.8) is 0 Å². The van der Waals surface area contributed by atoms with E-state index in [9.17, 15) is 16.8 Å². The predicted molar refractivity (Wildman–Crippen MR) is 55.6 cm³/mol. The highest BCUT2D eigenvalue weighted by Gasteiger charge is 2.28. The molecule has 6 nitrogen and oxygen atoms in total. The van der Waals surface area contributed by atoms with Gasteiger partial charge in [-0.1, -0.05) is 6.42 Å². The van der Waals surface area contributed by atoms with Gasteiger partial charge in [0.2, 0.25) is 0 Å². The molecule has 0 spiro atoms. The van der Waals surface area contributed by atoms with Crippen molar-refractivity contribution < 1.29 is 27.0 Å². The molecule has 15 heavy (non-hydrogen) atoms. The van der Waals surface area contributed by atoms with Gasteiger partial charge in [-0.3, -0.25) is 0 Å². The van der Waals surface area contributed by atoms with Gasteiger partial charge in [0.15, 0.2) is 0 Å². The molecular formula is C7H16O6S2. The Morgan fingerprint density at radius 3 is 1.67 bits per heavy atom. The van der Waals surface area contributed by atoms with Crippen LogP contribution >= 0.6 is 0 Å². The van der Waals surface area contributed by atoms with Gasteiger partial charge >= 0.3 is 0 Å². The fourth-order valence-electron chi connectivity index (χ4n) is 0.933. The molecule has 8 heteroatoms. The fraction of sp³-hybridized carbons (Fsp3) is 1.00. The van der Waals surface area contributed by atoms with Gasteiger partial charge in [0.05, 0.1) is 18.1 Å². The van der Waals surface area contributed by atoms with E-state index in [1.54, 1.807) is 0 Å². The Morgan fingerprint density at radius 2 is 1.20 bits per heavy atom. The summed E-state index contributed by atoms with van der Waals surface area (Å²) in [5, 5.41) is 16.8. The fourth-order valence-corrected chi connectivity index (χ4v) is 4.32. The van der Waals surface area contributed by atoms with E-state index >= 15 is 0 Å². The minimum atomic E-state index is -4.24. The molecule has 2 N–H and O–H groups in total. The van der Waals surface area contributed by atoms with Crippen molar-refractivity contribution in [2.24, 2.45) is 0 Å². The van der Waals surface area contributed by atoms with Crippen LogP contribution in [0, 0.1) is 0 Å². The van der Waals surface area contributed by atoms with Gasteiger partial charge in [0.25, 0.3) is 17.7 Å². The third kappa shape index (κ3) is 4.92. The Bertz CT molecular complexity index is 355. The Balaban J connectivity index is 4.31. The van der Waals surface area contributed by atoms with E-state index < -0.39 is 35.9 Å². The summed E-state index contributed by atoms with van der Waals surface area (Å²) in [6.07, 6.45) is 1.12. The molecule has 0 unspecified atom stereocenters. The highest BCUT2D eigenvalue weighted by Crippen LogP contribution is 2.08. The zero-order chi connectivity index (χ0) is 11.9. The zero-order valence-electron chi connectivity index (χ0n) is 8.29. The predicted octanol–water partition coefficient (Wildman–Crippen LogP) is -1.11. The maximum atomic E-state index is 11.2. The monoisotopic (exact) mass is 260 g/mol. The summed E-state index contributed by atoms with van der Waals surface area (Å²) in [4.78, 5) is 0. The van der Waals surface area contributed by atoms with E-state index in [4.69, 9.17) is 10.2 Å². The number of unbranched alkanes of at least 4 members (excludes halogenated alkanes) is 2. The van der Waals surface area contributed by atoms with Crippen LogP contribution in [0.4, 0.5) is 0 Å². The van der Waals surface area contributed by atoms with Gasteiger partial charge < -0.3 is 10.2 Å². The van der Waals surface area contributed by atoms with Crippen LogP contribution < -0.4 is 0 Å². The topological polar surface area (TPSA) is 109 Å².